The molecule has 80 valence electrons. The highest BCUT2D eigenvalue weighted by Crippen LogP contribution is 2.26. The Morgan fingerprint density at radius 1 is 1.60 bits per heavy atom. The molecule has 0 unspecified atom stereocenters. The van der Waals surface area contributed by atoms with E-state index < -0.39 is 0 Å². The van der Waals surface area contributed by atoms with Gasteiger partial charge in [0.15, 0.2) is 0 Å². The molecule has 0 aliphatic rings. The normalized spacial score (nSPS) is 9.87. The highest BCUT2D eigenvalue weighted by molar-refractivity contribution is 7.78. The maximum absolute atomic E-state index is 4.61. The number of aromatic nitrogens is 1. The quantitative estimate of drug-likeness (QED) is 0.578. The van der Waals surface area contributed by atoms with E-state index in [1.165, 1.54) is 0 Å². The van der Waals surface area contributed by atoms with Gasteiger partial charge in [0.25, 0.3) is 0 Å². The minimum absolute atomic E-state index is 0.604. The third-order valence-corrected chi connectivity index (χ3v) is 2.09. The molecule has 4 heteroatoms. The number of nitrogens with zero attached hydrogens (tertiary/aromatic N) is 3. The van der Waals surface area contributed by atoms with Crippen molar-refractivity contribution in [2.75, 3.05) is 18.5 Å². The molecule has 1 aromatic heterocycles. The van der Waals surface area contributed by atoms with Crippen LogP contribution in [0.4, 0.5) is 11.4 Å². The lowest BCUT2D eigenvalue weighted by molar-refractivity contribution is 0.638. The third-order valence-electron chi connectivity index (χ3n) is 1.99. The first-order valence-electron chi connectivity index (χ1n) is 4.88. The second kappa shape index (κ2) is 5.59. The van der Waals surface area contributed by atoms with Crippen LogP contribution in [0.25, 0.3) is 0 Å². The van der Waals surface area contributed by atoms with Crippen molar-refractivity contribution in [1.82, 2.24) is 4.98 Å². The first kappa shape index (κ1) is 11.8. The van der Waals surface area contributed by atoms with Crippen molar-refractivity contribution in [1.29, 1.82) is 0 Å². The molecule has 0 saturated carbocycles. The van der Waals surface area contributed by atoms with E-state index in [2.05, 4.69) is 46.1 Å². The zero-order valence-electron chi connectivity index (χ0n) is 9.27. The summed E-state index contributed by atoms with van der Waals surface area (Å²) in [5, 5.41) is 2.37. The minimum atomic E-state index is 0.604. The predicted octanol–water partition coefficient (Wildman–Crippen LogP) is 2.91. The van der Waals surface area contributed by atoms with E-state index >= 15 is 0 Å². The van der Waals surface area contributed by atoms with Crippen molar-refractivity contribution in [2.45, 2.75) is 13.8 Å². The number of hydrogen-bond donors (Lipinski definition) is 0. The second-order valence-corrected chi connectivity index (χ2v) is 4.02. The average molecular weight is 221 g/mol. The fourth-order valence-electron chi connectivity index (χ4n) is 1.48. The number of rotatable bonds is 4. The van der Waals surface area contributed by atoms with Crippen LogP contribution >= 0.6 is 12.2 Å². The molecule has 1 rings (SSSR count). The van der Waals surface area contributed by atoms with Crippen LogP contribution in [0.5, 0.6) is 0 Å². The molecule has 0 fully saturated rings. The molecular weight excluding hydrogens is 206 g/mol. The molecule has 0 bridgehead atoms. The largest absolute Gasteiger partial charge is 0.372 e. The van der Waals surface area contributed by atoms with Gasteiger partial charge in [-0.15, -0.1) is 0 Å². The summed E-state index contributed by atoms with van der Waals surface area (Å²) in [6.45, 7) is 5.34. The molecule has 0 spiro atoms. The maximum atomic E-state index is 4.61. The van der Waals surface area contributed by atoms with Gasteiger partial charge >= 0.3 is 0 Å². The van der Waals surface area contributed by atoms with Crippen molar-refractivity contribution in [3.05, 3.63) is 18.5 Å². The van der Waals surface area contributed by atoms with E-state index in [4.69, 9.17) is 0 Å². The van der Waals surface area contributed by atoms with Crippen LogP contribution in [-0.4, -0.2) is 23.7 Å². The molecule has 0 radical (unpaired) electrons. The SMILES string of the molecule is CC(C)CN(C)c1ccncc1N=C=S. The fourth-order valence-corrected chi connectivity index (χ4v) is 1.58. The van der Waals surface area contributed by atoms with E-state index in [0.29, 0.717) is 5.92 Å². The number of isothiocyanates is 1. The van der Waals surface area contributed by atoms with Crippen molar-refractivity contribution in [2.24, 2.45) is 10.9 Å². The fraction of sp³-hybridized carbons (Fsp3) is 0.455. The van der Waals surface area contributed by atoms with Gasteiger partial charge in [-0.25, -0.2) is 0 Å². The summed E-state index contributed by atoms with van der Waals surface area (Å²) in [4.78, 5) is 10.2. The van der Waals surface area contributed by atoms with Crippen molar-refractivity contribution in [3.8, 4) is 0 Å². The number of hydrogen-bond acceptors (Lipinski definition) is 4. The van der Waals surface area contributed by atoms with Gasteiger partial charge in [0.1, 0.15) is 5.69 Å². The Hall–Kier alpha value is -1.25. The lowest BCUT2D eigenvalue weighted by Gasteiger charge is -2.22. The van der Waals surface area contributed by atoms with E-state index in [1.54, 1.807) is 12.4 Å². The summed E-state index contributed by atoms with van der Waals surface area (Å²) in [5.74, 6) is 0.604. The predicted molar refractivity (Wildman–Crippen MR) is 67.0 cm³/mol. The topological polar surface area (TPSA) is 28.5 Å². The van der Waals surface area contributed by atoms with E-state index in [1.807, 2.05) is 13.1 Å². The van der Waals surface area contributed by atoms with Crippen LogP contribution in [0, 0.1) is 5.92 Å². The van der Waals surface area contributed by atoms with E-state index in [-0.39, 0.29) is 0 Å². The Morgan fingerprint density at radius 3 is 2.93 bits per heavy atom. The Kier molecular flexibility index (Phi) is 4.40. The lowest BCUT2D eigenvalue weighted by atomic mass is 10.2. The summed E-state index contributed by atoms with van der Waals surface area (Å²) in [7, 11) is 2.04. The summed E-state index contributed by atoms with van der Waals surface area (Å²) in [6, 6.07) is 1.94. The first-order valence-corrected chi connectivity index (χ1v) is 5.29. The van der Waals surface area contributed by atoms with Gasteiger partial charge in [-0.05, 0) is 24.2 Å². The average Bonchev–Trinajstić information content (AvgIpc) is 2.18. The monoisotopic (exact) mass is 221 g/mol. The number of aliphatic imine (C=N–C) groups is 1. The van der Waals surface area contributed by atoms with Crippen LogP contribution in [-0.2, 0) is 0 Å². The minimum Gasteiger partial charge on any atom is -0.372 e. The molecule has 0 saturated heterocycles. The maximum Gasteiger partial charge on any atom is 0.116 e. The van der Waals surface area contributed by atoms with Crippen LogP contribution in [0.15, 0.2) is 23.5 Å². The molecule has 0 atom stereocenters. The van der Waals surface area contributed by atoms with E-state index in [9.17, 15) is 0 Å². The van der Waals surface area contributed by atoms with Gasteiger partial charge in [-0.2, -0.15) is 4.99 Å². The van der Waals surface area contributed by atoms with Crippen LogP contribution in [0.2, 0.25) is 0 Å². The van der Waals surface area contributed by atoms with Gasteiger partial charge < -0.3 is 4.90 Å². The van der Waals surface area contributed by atoms with Crippen LogP contribution < -0.4 is 4.90 Å². The highest BCUT2D eigenvalue weighted by atomic mass is 32.1. The third kappa shape index (κ3) is 3.42. The van der Waals surface area contributed by atoms with Crippen LogP contribution in [0.1, 0.15) is 13.8 Å². The number of anilines is 1. The summed E-state index contributed by atoms with van der Waals surface area (Å²) < 4.78 is 0. The van der Waals surface area contributed by atoms with Gasteiger partial charge in [0, 0.05) is 19.8 Å². The Morgan fingerprint density at radius 2 is 2.33 bits per heavy atom. The molecule has 0 aromatic carbocycles. The summed E-state index contributed by atoms with van der Waals surface area (Å²) >= 11 is 4.61. The van der Waals surface area contributed by atoms with Crippen molar-refractivity contribution >= 4 is 28.8 Å². The zero-order valence-corrected chi connectivity index (χ0v) is 10.1. The Bertz CT molecular complexity index is 370. The number of thiocarbonyl (C=S) groups is 1. The number of pyridine rings is 1. The molecule has 0 aliphatic carbocycles. The molecule has 3 nitrogen and oxygen atoms in total. The Labute approximate surface area is 95.9 Å². The molecule has 1 aromatic rings. The molecule has 1 heterocycles. The summed E-state index contributed by atoms with van der Waals surface area (Å²) in [5.41, 5.74) is 1.81. The molecule has 0 N–H and O–H groups in total. The first-order chi connectivity index (χ1) is 7.15. The van der Waals surface area contributed by atoms with Gasteiger partial charge in [0.05, 0.1) is 17.0 Å². The van der Waals surface area contributed by atoms with Gasteiger partial charge in [-0.3, -0.25) is 4.98 Å². The lowest BCUT2D eigenvalue weighted by Crippen LogP contribution is -2.22. The standard InChI is InChI=1S/C11H15N3S/c1-9(2)7-14(3)11-4-5-12-6-10(11)13-8-15/h4-6,9H,7H2,1-3H3. The molecular formula is C11H15N3S. The molecule has 0 amide bonds. The van der Waals surface area contributed by atoms with Crippen LogP contribution in [0.3, 0.4) is 0 Å². The molecule has 0 aliphatic heterocycles. The summed E-state index contributed by atoms with van der Waals surface area (Å²) in [6.07, 6.45) is 3.46. The van der Waals surface area contributed by atoms with Gasteiger partial charge in [0.2, 0.25) is 0 Å². The van der Waals surface area contributed by atoms with Crippen molar-refractivity contribution < 1.29 is 0 Å². The Balaban J connectivity index is 2.96. The second-order valence-electron chi connectivity index (χ2n) is 3.84. The highest BCUT2D eigenvalue weighted by Gasteiger charge is 2.07. The van der Waals surface area contributed by atoms with Crippen molar-refractivity contribution in [3.63, 3.8) is 0 Å². The van der Waals surface area contributed by atoms with Gasteiger partial charge in [-0.1, -0.05) is 13.8 Å². The molecule has 15 heavy (non-hydrogen) atoms. The smallest absolute Gasteiger partial charge is 0.116 e. The van der Waals surface area contributed by atoms with E-state index in [0.717, 1.165) is 17.9 Å². The zero-order chi connectivity index (χ0) is 11.3.